The summed E-state index contributed by atoms with van der Waals surface area (Å²) >= 11 is 0. The summed E-state index contributed by atoms with van der Waals surface area (Å²) in [6, 6.07) is -0.806. The second-order valence-corrected chi connectivity index (χ2v) is 5.52. The number of nitrogens with zero attached hydrogens (tertiary/aromatic N) is 1. The zero-order chi connectivity index (χ0) is 13.1. The van der Waals surface area contributed by atoms with Crippen molar-refractivity contribution in [3.05, 3.63) is 0 Å². The van der Waals surface area contributed by atoms with Crippen LogP contribution in [0, 0.1) is 5.92 Å². The molecule has 5 nitrogen and oxygen atoms in total. The molecule has 0 spiro atoms. The first-order valence-electron chi connectivity index (χ1n) is 6.86. The third kappa shape index (κ3) is 2.83. The third-order valence-corrected chi connectivity index (χ3v) is 4.03. The summed E-state index contributed by atoms with van der Waals surface area (Å²) in [5, 5.41) is 12.4. The monoisotopic (exact) mass is 254 g/mol. The molecule has 2 fully saturated rings. The molecular formula is C13H22N2O3. The molecule has 5 heteroatoms. The number of carbonyl (C=O) groups excluding carboxylic acids is 1. The van der Waals surface area contributed by atoms with Crippen molar-refractivity contribution in [1.29, 1.82) is 0 Å². The summed E-state index contributed by atoms with van der Waals surface area (Å²) < 4.78 is 0. The van der Waals surface area contributed by atoms with Gasteiger partial charge < -0.3 is 15.3 Å². The van der Waals surface area contributed by atoms with Gasteiger partial charge in [0.05, 0.1) is 6.04 Å². The lowest BCUT2D eigenvalue weighted by atomic mass is 9.92. The number of hydrogen-bond acceptors (Lipinski definition) is 3. The van der Waals surface area contributed by atoms with Crippen LogP contribution in [0.2, 0.25) is 0 Å². The van der Waals surface area contributed by atoms with Crippen molar-refractivity contribution in [3.63, 3.8) is 0 Å². The number of carboxylic acid groups (broad SMARTS) is 1. The maximum atomic E-state index is 12.4. The molecule has 2 aliphatic rings. The molecule has 3 atom stereocenters. The van der Waals surface area contributed by atoms with Crippen LogP contribution in [-0.2, 0) is 9.59 Å². The van der Waals surface area contributed by atoms with E-state index in [1.807, 2.05) is 0 Å². The summed E-state index contributed by atoms with van der Waals surface area (Å²) in [6.07, 6.45) is 4.31. The summed E-state index contributed by atoms with van der Waals surface area (Å²) in [4.78, 5) is 25.2. The van der Waals surface area contributed by atoms with Crippen LogP contribution in [0.25, 0.3) is 0 Å². The Labute approximate surface area is 108 Å². The van der Waals surface area contributed by atoms with E-state index in [1.165, 1.54) is 0 Å². The predicted molar refractivity (Wildman–Crippen MR) is 67.2 cm³/mol. The maximum Gasteiger partial charge on any atom is 0.326 e. The van der Waals surface area contributed by atoms with Crippen molar-refractivity contribution >= 4 is 11.9 Å². The molecule has 2 N–H and O–H groups in total. The largest absolute Gasteiger partial charge is 0.480 e. The van der Waals surface area contributed by atoms with Crippen LogP contribution in [0.1, 0.15) is 39.0 Å². The first-order chi connectivity index (χ1) is 8.59. The summed E-state index contributed by atoms with van der Waals surface area (Å²) in [5.41, 5.74) is 0. The lowest BCUT2D eigenvalue weighted by Crippen LogP contribution is -2.56. The van der Waals surface area contributed by atoms with Gasteiger partial charge in [-0.15, -0.1) is 0 Å². The van der Waals surface area contributed by atoms with Gasteiger partial charge in [0, 0.05) is 6.54 Å². The topological polar surface area (TPSA) is 69.6 Å². The fourth-order valence-corrected chi connectivity index (χ4v) is 2.95. The van der Waals surface area contributed by atoms with E-state index in [4.69, 9.17) is 0 Å². The minimum absolute atomic E-state index is 0.0198. The summed E-state index contributed by atoms with van der Waals surface area (Å²) in [5.74, 6) is -0.353. The number of nitrogens with one attached hydrogen (secondary N) is 1. The van der Waals surface area contributed by atoms with Gasteiger partial charge in [0.15, 0.2) is 0 Å². The Balaban J connectivity index is 2.03. The van der Waals surface area contributed by atoms with Crippen molar-refractivity contribution in [1.82, 2.24) is 10.2 Å². The molecule has 2 heterocycles. The molecule has 0 bridgehead atoms. The Morgan fingerprint density at radius 1 is 1.28 bits per heavy atom. The number of aliphatic carboxylic acids is 1. The fourth-order valence-electron chi connectivity index (χ4n) is 2.95. The third-order valence-electron chi connectivity index (χ3n) is 4.03. The molecular weight excluding hydrogens is 232 g/mol. The van der Waals surface area contributed by atoms with Crippen LogP contribution in [0.5, 0.6) is 0 Å². The molecule has 2 saturated heterocycles. The quantitative estimate of drug-likeness (QED) is 0.766. The Hall–Kier alpha value is -1.10. The van der Waals surface area contributed by atoms with Crippen molar-refractivity contribution < 1.29 is 14.7 Å². The molecule has 102 valence electrons. The second kappa shape index (κ2) is 5.69. The number of piperidine rings is 2. The van der Waals surface area contributed by atoms with Crippen molar-refractivity contribution in [2.45, 2.75) is 51.1 Å². The van der Waals surface area contributed by atoms with Crippen molar-refractivity contribution in [2.75, 3.05) is 13.1 Å². The van der Waals surface area contributed by atoms with E-state index in [2.05, 4.69) is 12.2 Å². The highest BCUT2D eigenvalue weighted by atomic mass is 16.4. The van der Waals surface area contributed by atoms with Gasteiger partial charge in [-0.2, -0.15) is 0 Å². The van der Waals surface area contributed by atoms with E-state index in [0.29, 0.717) is 18.9 Å². The molecule has 1 amide bonds. The Morgan fingerprint density at radius 3 is 2.72 bits per heavy atom. The van der Waals surface area contributed by atoms with Crippen LogP contribution in [0.4, 0.5) is 0 Å². The van der Waals surface area contributed by atoms with E-state index in [0.717, 1.165) is 32.2 Å². The van der Waals surface area contributed by atoms with Crippen molar-refractivity contribution in [2.24, 2.45) is 5.92 Å². The highest BCUT2D eigenvalue weighted by Crippen LogP contribution is 2.22. The lowest BCUT2D eigenvalue weighted by molar-refractivity contribution is -0.153. The van der Waals surface area contributed by atoms with Crippen LogP contribution in [0.15, 0.2) is 0 Å². The number of hydrogen-bond donors (Lipinski definition) is 2. The molecule has 0 aliphatic carbocycles. The molecule has 0 radical (unpaired) electrons. The predicted octanol–water partition coefficient (Wildman–Crippen LogP) is 0.840. The molecule has 0 saturated carbocycles. The van der Waals surface area contributed by atoms with Crippen LogP contribution in [0.3, 0.4) is 0 Å². The van der Waals surface area contributed by atoms with Crippen LogP contribution >= 0.6 is 0 Å². The molecule has 2 aliphatic heterocycles. The average Bonchev–Trinajstić information content (AvgIpc) is 2.38. The van der Waals surface area contributed by atoms with Gasteiger partial charge in [-0.05, 0) is 44.6 Å². The van der Waals surface area contributed by atoms with Crippen molar-refractivity contribution in [3.8, 4) is 0 Å². The van der Waals surface area contributed by atoms with Gasteiger partial charge in [0.2, 0.25) is 5.91 Å². The SMILES string of the molecule is CC1CCNC(C(=O)N2CCCC[C@@H]2C(=O)O)C1. The van der Waals surface area contributed by atoms with E-state index in [9.17, 15) is 14.7 Å². The van der Waals surface area contributed by atoms with Gasteiger partial charge >= 0.3 is 5.97 Å². The molecule has 0 aromatic heterocycles. The Kier molecular flexibility index (Phi) is 4.22. The highest BCUT2D eigenvalue weighted by molar-refractivity contribution is 5.87. The van der Waals surface area contributed by atoms with E-state index in [-0.39, 0.29) is 11.9 Å². The molecule has 2 unspecified atom stereocenters. The van der Waals surface area contributed by atoms with Gasteiger partial charge in [0.25, 0.3) is 0 Å². The number of likely N-dealkylation sites (tertiary alicyclic amines) is 1. The fraction of sp³-hybridized carbons (Fsp3) is 0.846. The van der Waals surface area contributed by atoms with Gasteiger partial charge in [-0.3, -0.25) is 4.79 Å². The zero-order valence-electron chi connectivity index (χ0n) is 10.9. The van der Waals surface area contributed by atoms with E-state index >= 15 is 0 Å². The van der Waals surface area contributed by atoms with Crippen LogP contribution in [-0.4, -0.2) is 47.1 Å². The standard InChI is InChI=1S/C13H22N2O3/c1-9-5-6-14-10(8-9)12(16)15-7-3-2-4-11(15)13(17)18/h9-11,14H,2-8H2,1H3,(H,17,18)/t9?,10?,11-/m1/s1. The first kappa shape index (κ1) is 13.3. The molecule has 2 rings (SSSR count). The summed E-state index contributed by atoms with van der Waals surface area (Å²) in [6.45, 7) is 3.58. The smallest absolute Gasteiger partial charge is 0.326 e. The minimum Gasteiger partial charge on any atom is -0.480 e. The minimum atomic E-state index is -0.869. The highest BCUT2D eigenvalue weighted by Gasteiger charge is 2.36. The zero-order valence-corrected chi connectivity index (χ0v) is 10.9. The first-order valence-corrected chi connectivity index (χ1v) is 6.86. The lowest BCUT2D eigenvalue weighted by Gasteiger charge is -2.37. The summed E-state index contributed by atoms with van der Waals surface area (Å²) in [7, 11) is 0. The Bertz CT molecular complexity index is 332. The second-order valence-electron chi connectivity index (χ2n) is 5.52. The van der Waals surface area contributed by atoms with E-state index in [1.54, 1.807) is 4.90 Å². The van der Waals surface area contributed by atoms with Crippen LogP contribution < -0.4 is 5.32 Å². The number of amides is 1. The number of carboxylic acids is 1. The molecule has 18 heavy (non-hydrogen) atoms. The van der Waals surface area contributed by atoms with E-state index < -0.39 is 12.0 Å². The normalized spacial score (nSPS) is 33.2. The van der Waals surface area contributed by atoms with Gasteiger partial charge in [-0.25, -0.2) is 4.79 Å². The van der Waals surface area contributed by atoms with Gasteiger partial charge in [0.1, 0.15) is 6.04 Å². The Morgan fingerprint density at radius 2 is 2.06 bits per heavy atom. The molecule has 0 aromatic rings. The number of carbonyl (C=O) groups is 2. The maximum absolute atomic E-state index is 12.4. The van der Waals surface area contributed by atoms with Gasteiger partial charge in [-0.1, -0.05) is 6.92 Å². The number of rotatable bonds is 2. The molecule has 0 aromatic carbocycles. The average molecular weight is 254 g/mol.